The van der Waals surface area contributed by atoms with E-state index in [9.17, 15) is 4.79 Å². The van der Waals surface area contributed by atoms with Crippen molar-refractivity contribution in [3.63, 3.8) is 0 Å². The summed E-state index contributed by atoms with van der Waals surface area (Å²) in [7, 11) is 0. The van der Waals surface area contributed by atoms with E-state index in [4.69, 9.17) is 4.74 Å². The number of nitrogens with zero attached hydrogens (tertiary/aromatic N) is 4. The van der Waals surface area contributed by atoms with Crippen LogP contribution in [0.15, 0.2) is 66.7 Å². The molecule has 0 aliphatic carbocycles. The van der Waals surface area contributed by atoms with Crippen molar-refractivity contribution in [1.29, 1.82) is 0 Å². The number of hydrogen-bond acceptors (Lipinski definition) is 6. The lowest BCUT2D eigenvalue weighted by molar-refractivity contribution is 0.0744. The van der Waals surface area contributed by atoms with Crippen molar-refractivity contribution in [3.05, 3.63) is 83.7 Å². The number of aryl methyl sites for hydroxylation is 2. The van der Waals surface area contributed by atoms with Crippen LogP contribution in [0.2, 0.25) is 0 Å². The number of ether oxygens (including phenoxy) is 1. The summed E-state index contributed by atoms with van der Waals surface area (Å²) < 4.78 is 5.85. The number of carbonyl (C=O) groups excluding carboxylic acids is 1. The van der Waals surface area contributed by atoms with Gasteiger partial charge in [-0.25, -0.2) is 9.97 Å². The Morgan fingerprint density at radius 2 is 1.69 bits per heavy atom. The fourth-order valence-electron chi connectivity index (χ4n) is 4.61. The topological polar surface area (TPSA) is 70.6 Å². The molecule has 0 spiro atoms. The summed E-state index contributed by atoms with van der Waals surface area (Å²) in [5, 5.41) is 5.34. The molecule has 1 aliphatic rings. The highest BCUT2D eigenvalue weighted by molar-refractivity contribution is 6.09. The molecule has 1 saturated heterocycles. The zero-order valence-corrected chi connectivity index (χ0v) is 21.0. The van der Waals surface area contributed by atoms with Crippen molar-refractivity contribution in [2.24, 2.45) is 0 Å². The molecular weight excluding hydrogens is 450 g/mol. The van der Waals surface area contributed by atoms with Crippen molar-refractivity contribution in [1.82, 2.24) is 14.9 Å². The summed E-state index contributed by atoms with van der Waals surface area (Å²) in [4.78, 5) is 27.0. The number of fused-ring (bicyclic) bond motifs is 1. The quantitative estimate of drug-likeness (QED) is 0.400. The molecule has 0 saturated carbocycles. The minimum Gasteiger partial charge on any atom is -0.493 e. The van der Waals surface area contributed by atoms with E-state index in [1.165, 1.54) is 5.56 Å². The molecule has 7 heteroatoms. The summed E-state index contributed by atoms with van der Waals surface area (Å²) >= 11 is 0. The average molecular weight is 482 g/mol. The van der Waals surface area contributed by atoms with E-state index in [0.29, 0.717) is 49.9 Å². The van der Waals surface area contributed by atoms with Crippen LogP contribution in [0.25, 0.3) is 10.8 Å². The molecule has 3 aromatic carbocycles. The van der Waals surface area contributed by atoms with Gasteiger partial charge < -0.3 is 19.9 Å². The average Bonchev–Trinajstić information content (AvgIpc) is 2.89. The second kappa shape index (κ2) is 10.2. The Hall–Kier alpha value is -4.13. The van der Waals surface area contributed by atoms with Crippen LogP contribution in [-0.2, 0) is 0 Å². The predicted octanol–water partition coefficient (Wildman–Crippen LogP) is 5.35. The van der Waals surface area contributed by atoms with E-state index < -0.39 is 0 Å². The normalized spacial score (nSPS) is 13.6. The maximum Gasteiger partial charge on any atom is 0.258 e. The number of hydrogen-bond donors (Lipinski definition) is 1. The minimum atomic E-state index is 0.00972. The number of rotatable bonds is 6. The lowest BCUT2D eigenvalue weighted by atomic mass is 10.0. The van der Waals surface area contributed by atoms with Crippen molar-refractivity contribution >= 4 is 34.0 Å². The van der Waals surface area contributed by atoms with E-state index in [1.54, 1.807) is 0 Å². The van der Waals surface area contributed by atoms with Gasteiger partial charge in [-0.1, -0.05) is 48.0 Å². The number of amides is 1. The number of piperazine rings is 1. The van der Waals surface area contributed by atoms with Gasteiger partial charge in [0.1, 0.15) is 23.2 Å². The van der Waals surface area contributed by atoms with Gasteiger partial charge in [0.05, 0.1) is 12.2 Å². The number of nitrogens with one attached hydrogen (secondary N) is 1. The number of carbonyl (C=O) groups is 1. The fraction of sp³-hybridized carbons (Fsp3) is 0.276. The smallest absolute Gasteiger partial charge is 0.258 e. The van der Waals surface area contributed by atoms with E-state index in [2.05, 4.69) is 39.2 Å². The molecule has 1 amide bonds. The molecule has 1 N–H and O–H groups in total. The molecule has 0 atom stereocenters. The zero-order valence-electron chi connectivity index (χ0n) is 21.0. The second-order valence-electron chi connectivity index (χ2n) is 9.02. The third-order valence-corrected chi connectivity index (χ3v) is 6.44. The number of anilines is 3. The summed E-state index contributed by atoms with van der Waals surface area (Å²) in [5.41, 5.74) is 2.84. The molecular formula is C29H31N5O2. The Morgan fingerprint density at radius 1 is 0.944 bits per heavy atom. The van der Waals surface area contributed by atoms with Gasteiger partial charge >= 0.3 is 0 Å². The molecule has 184 valence electrons. The summed E-state index contributed by atoms with van der Waals surface area (Å²) in [6, 6.07) is 22.1. The molecule has 36 heavy (non-hydrogen) atoms. The first-order chi connectivity index (χ1) is 17.5. The first kappa shape index (κ1) is 23.6. The Bertz CT molecular complexity index is 1380. The first-order valence-corrected chi connectivity index (χ1v) is 12.4. The highest BCUT2D eigenvalue weighted by Crippen LogP contribution is 2.30. The molecule has 0 unspecified atom stereocenters. The van der Waals surface area contributed by atoms with Crippen molar-refractivity contribution in [3.8, 4) is 5.75 Å². The predicted molar refractivity (Wildman–Crippen MR) is 144 cm³/mol. The Morgan fingerprint density at radius 3 is 2.44 bits per heavy atom. The van der Waals surface area contributed by atoms with Crippen LogP contribution in [-0.4, -0.2) is 53.6 Å². The Balaban J connectivity index is 1.32. The van der Waals surface area contributed by atoms with Crippen molar-refractivity contribution < 1.29 is 9.53 Å². The van der Waals surface area contributed by atoms with E-state index in [1.807, 2.05) is 73.3 Å². The summed E-state index contributed by atoms with van der Waals surface area (Å²) in [6.45, 7) is 9.03. The van der Waals surface area contributed by atoms with Crippen LogP contribution in [0.4, 0.5) is 17.3 Å². The standard InChI is InChI=1S/C29H31N5O2/c1-4-36-25-14-11-22-7-5-6-8-24(22)28(25)29(35)34-17-15-33(16-18-34)27-19-26(30-21(3)31-27)32-23-12-9-20(2)10-13-23/h5-14,19H,4,15-18H2,1-3H3,(H,30,31,32). The van der Waals surface area contributed by atoms with Gasteiger partial charge in [-0.05, 0) is 49.7 Å². The van der Waals surface area contributed by atoms with Crippen LogP contribution in [0.1, 0.15) is 28.7 Å². The molecule has 5 rings (SSSR count). The maximum atomic E-state index is 13.7. The van der Waals surface area contributed by atoms with Crippen LogP contribution in [0.3, 0.4) is 0 Å². The molecule has 2 heterocycles. The lowest BCUT2D eigenvalue weighted by Gasteiger charge is -2.36. The number of benzene rings is 3. The highest BCUT2D eigenvalue weighted by atomic mass is 16.5. The van der Waals surface area contributed by atoms with Crippen molar-refractivity contribution in [2.45, 2.75) is 20.8 Å². The van der Waals surface area contributed by atoms with Crippen LogP contribution < -0.4 is 15.0 Å². The van der Waals surface area contributed by atoms with Crippen LogP contribution in [0, 0.1) is 13.8 Å². The van der Waals surface area contributed by atoms with Gasteiger partial charge in [-0.15, -0.1) is 0 Å². The van der Waals surface area contributed by atoms with E-state index in [-0.39, 0.29) is 5.91 Å². The van der Waals surface area contributed by atoms with Gasteiger partial charge in [0.2, 0.25) is 0 Å². The molecule has 4 aromatic rings. The van der Waals surface area contributed by atoms with E-state index >= 15 is 0 Å². The fourth-order valence-corrected chi connectivity index (χ4v) is 4.61. The molecule has 0 bridgehead atoms. The summed E-state index contributed by atoms with van der Waals surface area (Å²) in [5.74, 6) is 2.98. The highest BCUT2D eigenvalue weighted by Gasteiger charge is 2.27. The van der Waals surface area contributed by atoms with Gasteiger partial charge in [0, 0.05) is 37.9 Å². The molecule has 1 aliphatic heterocycles. The van der Waals surface area contributed by atoms with Gasteiger partial charge in [0.15, 0.2) is 0 Å². The van der Waals surface area contributed by atoms with Gasteiger partial charge in [-0.3, -0.25) is 4.79 Å². The third-order valence-electron chi connectivity index (χ3n) is 6.44. The molecule has 7 nitrogen and oxygen atoms in total. The SMILES string of the molecule is CCOc1ccc2ccccc2c1C(=O)N1CCN(c2cc(Nc3ccc(C)cc3)nc(C)n2)CC1. The monoisotopic (exact) mass is 481 g/mol. The largest absolute Gasteiger partial charge is 0.493 e. The van der Waals surface area contributed by atoms with E-state index in [0.717, 1.165) is 28.1 Å². The third kappa shape index (κ3) is 4.96. The lowest BCUT2D eigenvalue weighted by Crippen LogP contribution is -2.49. The molecule has 1 aromatic heterocycles. The first-order valence-electron chi connectivity index (χ1n) is 12.4. The van der Waals surface area contributed by atoms with Crippen LogP contribution >= 0.6 is 0 Å². The van der Waals surface area contributed by atoms with Gasteiger partial charge in [0.25, 0.3) is 5.91 Å². The zero-order chi connectivity index (χ0) is 25.1. The second-order valence-corrected chi connectivity index (χ2v) is 9.02. The summed E-state index contributed by atoms with van der Waals surface area (Å²) in [6.07, 6.45) is 0. The minimum absolute atomic E-state index is 0.00972. The molecule has 0 radical (unpaired) electrons. The Kier molecular flexibility index (Phi) is 6.71. The maximum absolute atomic E-state index is 13.7. The van der Waals surface area contributed by atoms with Crippen molar-refractivity contribution in [2.75, 3.05) is 43.0 Å². The van der Waals surface area contributed by atoms with Gasteiger partial charge in [-0.2, -0.15) is 0 Å². The molecule has 1 fully saturated rings. The number of aromatic nitrogens is 2. The Labute approximate surface area is 211 Å². The van der Waals surface area contributed by atoms with Crippen LogP contribution in [0.5, 0.6) is 5.75 Å².